The summed E-state index contributed by atoms with van der Waals surface area (Å²) >= 11 is 0. The Kier molecular flexibility index (Phi) is 22.7. The van der Waals surface area contributed by atoms with Gasteiger partial charge in [-0.25, -0.2) is 0 Å². The van der Waals surface area contributed by atoms with E-state index in [2.05, 4.69) is 19.1 Å². The molecular weight excluding hydrogens is 465 g/mol. The third-order valence-electron chi connectivity index (χ3n) is 5.87. The zero-order valence-electron chi connectivity index (χ0n) is 23.5. The molecule has 35 heavy (non-hydrogen) atoms. The first kappa shape index (κ1) is 34.7. The molecule has 2 atom stereocenters. The lowest BCUT2D eigenvalue weighted by Crippen LogP contribution is -2.37. The molecule has 0 aromatic rings. The summed E-state index contributed by atoms with van der Waals surface area (Å²) in [4.78, 5) is 11.9. The second kappa shape index (κ2) is 22.9. The third kappa shape index (κ3) is 26.6. The van der Waals surface area contributed by atoms with Crippen LogP contribution in [0.2, 0.25) is 0 Å². The molecule has 0 heterocycles. The van der Waals surface area contributed by atoms with Gasteiger partial charge in [0.05, 0.1) is 34.4 Å². The smallest absolute Gasteiger partial charge is 0.268 e. The van der Waals surface area contributed by atoms with Gasteiger partial charge in [0.1, 0.15) is 19.3 Å². The van der Waals surface area contributed by atoms with Gasteiger partial charge >= 0.3 is 0 Å². The van der Waals surface area contributed by atoms with Gasteiger partial charge in [-0.3, -0.25) is 4.57 Å². The highest BCUT2D eigenvalue weighted by Gasteiger charge is 2.16. The molecule has 7 nitrogen and oxygen atoms in total. The second-order valence-electron chi connectivity index (χ2n) is 10.5. The Balaban J connectivity index is 3.54. The van der Waals surface area contributed by atoms with Crippen LogP contribution in [0, 0.1) is 0 Å². The molecule has 0 spiro atoms. The van der Waals surface area contributed by atoms with Crippen LogP contribution in [0.5, 0.6) is 0 Å². The van der Waals surface area contributed by atoms with Crippen LogP contribution >= 0.6 is 7.82 Å². The maximum absolute atomic E-state index is 11.9. The fourth-order valence-electron chi connectivity index (χ4n) is 3.49. The van der Waals surface area contributed by atoms with Crippen LogP contribution in [0.1, 0.15) is 96.8 Å². The van der Waals surface area contributed by atoms with E-state index >= 15 is 0 Å². The number of rotatable bonds is 26. The number of likely N-dealkylation sites (N-methyl/N-ethyl adjacent to an activating group) is 1. The first-order valence-electron chi connectivity index (χ1n) is 13.9. The minimum absolute atomic E-state index is 0.0920. The third-order valence-corrected chi connectivity index (χ3v) is 6.83. The van der Waals surface area contributed by atoms with Gasteiger partial charge in [0, 0.05) is 13.7 Å². The molecule has 0 amide bonds. The molecule has 1 unspecified atom stereocenters. The lowest BCUT2D eigenvalue weighted by Gasteiger charge is -2.28. The SMILES string of the molecule is CCCCCCC/C=C\CCCCCCCCCOC[C@H](COP(=O)([O-])OCC[N+](C)(C)C)OC. The van der Waals surface area contributed by atoms with Crippen LogP contribution < -0.4 is 4.89 Å². The fraction of sp³-hybridized carbons (Fsp3) is 0.926. The number of ether oxygens (including phenoxy) is 2. The van der Waals surface area contributed by atoms with Crippen LogP contribution in [0.25, 0.3) is 0 Å². The largest absolute Gasteiger partial charge is 0.756 e. The number of allylic oxidation sites excluding steroid dienone is 2. The van der Waals surface area contributed by atoms with E-state index in [0.29, 0.717) is 24.2 Å². The van der Waals surface area contributed by atoms with Gasteiger partial charge < -0.3 is 27.9 Å². The highest BCUT2D eigenvalue weighted by molar-refractivity contribution is 7.45. The molecule has 0 aromatic carbocycles. The highest BCUT2D eigenvalue weighted by atomic mass is 31.2. The topological polar surface area (TPSA) is 77.1 Å². The van der Waals surface area contributed by atoms with E-state index in [0.717, 1.165) is 12.8 Å². The van der Waals surface area contributed by atoms with Gasteiger partial charge in [0.15, 0.2) is 0 Å². The predicted molar refractivity (Wildman–Crippen MR) is 143 cm³/mol. The minimum Gasteiger partial charge on any atom is -0.756 e. The maximum Gasteiger partial charge on any atom is 0.268 e. The number of unbranched alkanes of at least 4 members (excludes halogenated alkanes) is 12. The zero-order chi connectivity index (χ0) is 26.3. The Labute approximate surface area is 216 Å². The fourth-order valence-corrected chi connectivity index (χ4v) is 4.22. The van der Waals surface area contributed by atoms with E-state index in [1.165, 1.54) is 84.2 Å². The average Bonchev–Trinajstić information content (AvgIpc) is 2.79. The van der Waals surface area contributed by atoms with Crippen molar-refractivity contribution >= 4 is 7.82 Å². The number of quaternary nitrogens is 1. The van der Waals surface area contributed by atoms with E-state index in [1.807, 2.05) is 21.1 Å². The minimum atomic E-state index is -4.32. The lowest BCUT2D eigenvalue weighted by molar-refractivity contribution is -0.870. The van der Waals surface area contributed by atoms with Crippen LogP contribution in [-0.2, 0) is 23.1 Å². The standard InChI is InChI=1S/C27H56NO6P/c1-6-7-8-9-10-11-12-13-14-15-16-17-18-19-20-21-23-32-25-27(31-5)26-34-35(29,30)33-24-22-28(2,3)4/h12-13,27H,6-11,14-26H2,1-5H3/b13-12-/t27-/m1/s1. The van der Waals surface area contributed by atoms with Gasteiger partial charge in [-0.2, -0.15) is 0 Å². The summed E-state index contributed by atoms with van der Waals surface area (Å²) in [7, 11) is 3.10. The van der Waals surface area contributed by atoms with Crippen molar-refractivity contribution in [3.8, 4) is 0 Å². The van der Waals surface area contributed by atoms with Gasteiger partial charge in [0.2, 0.25) is 0 Å². The number of phosphoric ester groups is 1. The zero-order valence-corrected chi connectivity index (χ0v) is 24.4. The number of hydrogen-bond acceptors (Lipinski definition) is 6. The second-order valence-corrected chi connectivity index (χ2v) is 11.9. The van der Waals surface area contributed by atoms with Crippen LogP contribution in [0.3, 0.4) is 0 Å². The van der Waals surface area contributed by atoms with Crippen molar-refractivity contribution in [1.29, 1.82) is 0 Å². The molecule has 0 aliphatic rings. The number of methoxy groups -OCH3 is 1. The Morgan fingerprint density at radius 1 is 0.771 bits per heavy atom. The Hall–Kier alpha value is -0.270. The Morgan fingerprint density at radius 3 is 1.86 bits per heavy atom. The summed E-state index contributed by atoms with van der Waals surface area (Å²) < 4.78 is 33.2. The van der Waals surface area contributed by atoms with Crippen LogP contribution in [0.15, 0.2) is 12.2 Å². The monoisotopic (exact) mass is 521 g/mol. The molecule has 0 saturated carbocycles. The molecule has 0 aliphatic heterocycles. The summed E-state index contributed by atoms with van der Waals surface area (Å²) in [6.07, 6.45) is 22.2. The Bertz CT molecular complexity index is 538. The van der Waals surface area contributed by atoms with Crippen LogP contribution in [0.4, 0.5) is 0 Å². The van der Waals surface area contributed by atoms with Crippen molar-refractivity contribution in [3.05, 3.63) is 12.2 Å². The number of nitrogens with zero attached hydrogens (tertiary/aromatic N) is 1. The van der Waals surface area contributed by atoms with Crippen molar-refractivity contribution in [1.82, 2.24) is 0 Å². The van der Waals surface area contributed by atoms with Gasteiger partial charge in [-0.15, -0.1) is 0 Å². The molecule has 0 rings (SSSR count). The molecular formula is C27H56NO6P. The highest BCUT2D eigenvalue weighted by Crippen LogP contribution is 2.38. The van der Waals surface area contributed by atoms with Gasteiger partial charge in [-0.1, -0.05) is 76.9 Å². The van der Waals surface area contributed by atoms with E-state index < -0.39 is 13.9 Å². The van der Waals surface area contributed by atoms with Crippen molar-refractivity contribution in [2.75, 3.05) is 61.2 Å². The van der Waals surface area contributed by atoms with Crippen molar-refractivity contribution < 1.29 is 32.5 Å². The summed E-state index contributed by atoms with van der Waals surface area (Å²) in [6.45, 7) is 3.78. The van der Waals surface area contributed by atoms with Crippen LogP contribution in [-0.4, -0.2) is 71.8 Å². The first-order chi connectivity index (χ1) is 16.7. The number of hydrogen-bond donors (Lipinski definition) is 0. The first-order valence-corrected chi connectivity index (χ1v) is 15.3. The van der Waals surface area contributed by atoms with E-state index in [-0.39, 0.29) is 13.2 Å². The predicted octanol–water partition coefficient (Wildman–Crippen LogP) is 6.26. The molecule has 0 N–H and O–H groups in total. The summed E-state index contributed by atoms with van der Waals surface area (Å²) in [6, 6.07) is 0. The molecule has 0 aromatic heterocycles. The van der Waals surface area contributed by atoms with E-state index in [4.69, 9.17) is 18.5 Å². The molecule has 8 heteroatoms. The Morgan fingerprint density at radius 2 is 1.31 bits per heavy atom. The number of phosphoric acid groups is 1. The van der Waals surface area contributed by atoms with E-state index in [1.54, 1.807) is 0 Å². The summed E-state index contributed by atoms with van der Waals surface area (Å²) in [5.74, 6) is 0. The van der Waals surface area contributed by atoms with Gasteiger partial charge in [-0.05, 0) is 32.1 Å². The van der Waals surface area contributed by atoms with Gasteiger partial charge in [0.25, 0.3) is 7.82 Å². The molecule has 0 bridgehead atoms. The molecule has 210 valence electrons. The molecule has 0 fully saturated rings. The maximum atomic E-state index is 11.9. The normalized spacial score (nSPS) is 15.0. The molecule has 0 aliphatic carbocycles. The van der Waals surface area contributed by atoms with Crippen molar-refractivity contribution in [2.45, 2.75) is 103 Å². The summed E-state index contributed by atoms with van der Waals surface area (Å²) in [5, 5.41) is 0. The lowest BCUT2D eigenvalue weighted by atomic mass is 10.1. The van der Waals surface area contributed by atoms with E-state index in [9.17, 15) is 9.46 Å². The molecule has 0 saturated heterocycles. The average molecular weight is 522 g/mol. The quantitative estimate of drug-likeness (QED) is 0.0578. The summed E-state index contributed by atoms with van der Waals surface area (Å²) in [5.41, 5.74) is 0. The van der Waals surface area contributed by atoms with Crippen molar-refractivity contribution in [2.24, 2.45) is 0 Å². The molecule has 0 radical (unpaired) electrons. The van der Waals surface area contributed by atoms with Crippen molar-refractivity contribution in [3.63, 3.8) is 0 Å².